The molecule has 2 nitrogen and oxygen atoms in total. The summed E-state index contributed by atoms with van der Waals surface area (Å²) >= 11 is 3.08. The van der Waals surface area contributed by atoms with Crippen molar-refractivity contribution in [1.29, 1.82) is 0 Å². The molecule has 0 saturated heterocycles. The number of rotatable bonds is 4. The van der Waals surface area contributed by atoms with Crippen molar-refractivity contribution in [2.75, 3.05) is 6.61 Å². The molecule has 72 valence electrons. The number of hydrogen-bond acceptors (Lipinski definition) is 2. The summed E-state index contributed by atoms with van der Waals surface area (Å²) in [4.78, 5) is 4.92. The Bertz CT molecular complexity index is 280. The van der Waals surface area contributed by atoms with Gasteiger partial charge in [-0.1, -0.05) is 6.07 Å². The molecule has 4 heteroatoms. The third kappa shape index (κ3) is 3.42. The van der Waals surface area contributed by atoms with Gasteiger partial charge < -0.3 is 4.84 Å². The molecule has 1 aromatic rings. The molecular weight excluding hydrogens is 237 g/mol. The molecule has 1 rings (SSSR count). The van der Waals surface area contributed by atoms with Crippen LogP contribution in [0.2, 0.25) is 0 Å². The predicted octanol–water partition coefficient (Wildman–Crippen LogP) is 2.63. The summed E-state index contributed by atoms with van der Waals surface area (Å²) in [6, 6.07) is 4.98. The van der Waals surface area contributed by atoms with Crippen LogP contribution in [0.4, 0.5) is 4.39 Å². The van der Waals surface area contributed by atoms with E-state index in [1.807, 2.05) is 13.0 Å². The Morgan fingerprint density at radius 2 is 2.31 bits per heavy atom. The fourth-order valence-electron chi connectivity index (χ4n) is 0.886. The van der Waals surface area contributed by atoms with E-state index in [0.717, 1.165) is 5.56 Å². The summed E-state index contributed by atoms with van der Waals surface area (Å²) in [7, 11) is 0. The minimum Gasteiger partial charge on any atom is -0.302 e. The van der Waals surface area contributed by atoms with Crippen LogP contribution in [0.1, 0.15) is 12.5 Å². The molecule has 0 spiro atoms. The van der Waals surface area contributed by atoms with E-state index in [0.29, 0.717) is 17.6 Å². The Hall–Kier alpha value is -0.450. The molecule has 0 aliphatic carbocycles. The van der Waals surface area contributed by atoms with Crippen molar-refractivity contribution in [3.63, 3.8) is 0 Å². The molecule has 13 heavy (non-hydrogen) atoms. The van der Waals surface area contributed by atoms with Crippen molar-refractivity contribution in [2.24, 2.45) is 0 Å². The first-order chi connectivity index (χ1) is 6.24. The quantitative estimate of drug-likeness (QED) is 0.653. The van der Waals surface area contributed by atoms with Gasteiger partial charge in [-0.15, -0.1) is 0 Å². The van der Waals surface area contributed by atoms with Gasteiger partial charge in [-0.05, 0) is 40.5 Å². The van der Waals surface area contributed by atoms with Crippen LogP contribution < -0.4 is 5.48 Å². The Morgan fingerprint density at radius 1 is 1.54 bits per heavy atom. The highest BCUT2D eigenvalue weighted by molar-refractivity contribution is 9.10. The second-order valence-corrected chi connectivity index (χ2v) is 3.36. The molecule has 1 N–H and O–H groups in total. The van der Waals surface area contributed by atoms with Crippen LogP contribution in [0.5, 0.6) is 0 Å². The van der Waals surface area contributed by atoms with Gasteiger partial charge in [0.25, 0.3) is 0 Å². The second-order valence-electron chi connectivity index (χ2n) is 2.50. The van der Waals surface area contributed by atoms with E-state index in [2.05, 4.69) is 21.4 Å². The van der Waals surface area contributed by atoms with Gasteiger partial charge in [-0.2, -0.15) is 5.48 Å². The van der Waals surface area contributed by atoms with Crippen molar-refractivity contribution in [1.82, 2.24) is 5.48 Å². The summed E-state index contributed by atoms with van der Waals surface area (Å²) in [6.07, 6.45) is 0. The minimum atomic E-state index is -0.254. The lowest BCUT2D eigenvalue weighted by molar-refractivity contribution is 0.0463. The molecule has 0 amide bonds. The zero-order chi connectivity index (χ0) is 9.68. The van der Waals surface area contributed by atoms with Crippen LogP contribution in [-0.4, -0.2) is 6.61 Å². The van der Waals surface area contributed by atoms with Crippen LogP contribution in [0, 0.1) is 5.82 Å². The molecule has 0 heterocycles. The lowest BCUT2D eigenvalue weighted by Gasteiger charge is -2.04. The standard InChI is InChI=1S/C9H11BrFNO/c1-2-13-12-6-7-3-4-8(10)9(11)5-7/h3-5,12H,2,6H2,1H3. The summed E-state index contributed by atoms with van der Waals surface area (Å²) < 4.78 is 13.5. The highest BCUT2D eigenvalue weighted by Crippen LogP contribution is 2.16. The van der Waals surface area contributed by atoms with Gasteiger partial charge in [0.1, 0.15) is 5.82 Å². The molecule has 0 atom stereocenters. The fraction of sp³-hybridized carbons (Fsp3) is 0.333. The van der Waals surface area contributed by atoms with Gasteiger partial charge in [-0.3, -0.25) is 0 Å². The molecule has 0 unspecified atom stereocenters. The first-order valence-electron chi connectivity index (χ1n) is 4.02. The number of nitrogens with one attached hydrogen (secondary N) is 1. The largest absolute Gasteiger partial charge is 0.302 e. The average Bonchev–Trinajstić information content (AvgIpc) is 2.12. The van der Waals surface area contributed by atoms with Crippen molar-refractivity contribution in [3.05, 3.63) is 34.1 Å². The van der Waals surface area contributed by atoms with Gasteiger partial charge in [0, 0.05) is 6.54 Å². The molecule has 0 aromatic heterocycles. The van der Waals surface area contributed by atoms with Crippen LogP contribution in [0.15, 0.2) is 22.7 Å². The summed E-state index contributed by atoms with van der Waals surface area (Å²) in [5, 5.41) is 0. The lowest BCUT2D eigenvalue weighted by Crippen LogP contribution is -2.13. The molecule has 1 aromatic carbocycles. The number of hydroxylamine groups is 1. The van der Waals surface area contributed by atoms with E-state index in [4.69, 9.17) is 4.84 Å². The van der Waals surface area contributed by atoms with Crippen molar-refractivity contribution >= 4 is 15.9 Å². The maximum Gasteiger partial charge on any atom is 0.137 e. The van der Waals surface area contributed by atoms with Crippen molar-refractivity contribution in [3.8, 4) is 0 Å². The van der Waals surface area contributed by atoms with Gasteiger partial charge in [-0.25, -0.2) is 4.39 Å². The Balaban J connectivity index is 2.53. The highest BCUT2D eigenvalue weighted by Gasteiger charge is 1.99. The Labute approximate surface area is 85.2 Å². The van der Waals surface area contributed by atoms with Crippen LogP contribution >= 0.6 is 15.9 Å². The SMILES string of the molecule is CCONCc1ccc(Br)c(F)c1. The van der Waals surface area contributed by atoms with Gasteiger partial charge in [0.15, 0.2) is 0 Å². The fourth-order valence-corrected chi connectivity index (χ4v) is 1.13. The van der Waals surface area contributed by atoms with E-state index >= 15 is 0 Å². The summed E-state index contributed by atoms with van der Waals surface area (Å²) in [5.74, 6) is -0.254. The van der Waals surface area contributed by atoms with E-state index in [1.165, 1.54) is 6.07 Å². The number of halogens is 2. The molecule has 0 aliphatic rings. The molecular formula is C9H11BrFNO. The first-order valence-corrected chi connectivity index (χ1v) is 4.82. The van der Waals surface area contributed by atoms with E-state index in [1.54, 1.807) is 6.07 Å². The summed E-state index contributed by atoms with van der Waals surface area (Å²) in [6.45, 7) is 2.99. The van der Waals surface area contributed by atoms with Gasteiger partial charge >= 0.3 is 0 Å². The maximum atomic E-state index is 13.0. The van der Waals surface area contributed by atoms with E-state index in [-0.39, 0.29) is 5.82 Å². The van der Waals surface area contributed by atoms with Gasteiger partial charge in [0.05, 0.1) is 11.1 Å². The second kappa shape index (κ2) is 5.32. The molecule has 0 saturated carbocycles. The maximum absolute atomic E-state index is 13.0. The molecule has 0 aliphatic heterocycles. The first kappa shape index (κ1) is 10.6. The number of benzene rings is 1. The Kier molecular flexibility index (Phi) is 4.35. The minimum absolute atomic E-state index is 0.254. The number of hydrogen-bond donors (Lipinski definition) is 1. The topological polar surface area (TPSA) is 21.3 Å². The lowest BCUT2D eigenvalue weighted by atomic mass is 10.2. The van der Waals surface area contributed by atoms with Gasteiger partial charge in [0.2, 0.25) is 0 Å². The average molecular weight is 248 g/mol. The highest BCUT2D eigenvalue weighted by atomic mass is 79.9. The Morgan fingerprint density at radius 3 is 2.92 bits per heavy atom. The van der Waals surface area contributed by atoms with E-state index < -0.39 is 0 Å². The third-order valence-corrected chi connectivity index (χ3v) is 2.15. The van der Waals surface area contributed by atoms with Crippen molar-refractivity contribution < 1.29 is 9.23 Å². The molecule has 0 fully saturated rings. The normalized spacial score (nSPS) is 10.4. The van der Waals surface area contributed by atoms with Crippen LogP contribution in [0.25, 0.3) is 0 Å². The molecule has 0 radical (unpaired) electrons. The summed E-state index contributed by atoms with van der Waals surface area (Å²) in [5.41, 5.74) is 3.57. The van der Waals surface area contributed by atoms with Crippen LogP contribution in [0.3, 0.4) is 0 Å². The van der Waals surface area contributed by atoms with Crippen LogP contribution in [-0.2, 0) is 11.4 Å². The third-order valence-electron chi connectivity index (χ3n) is 1.51. The van der Waals surface area contributed by atoms with Crippen molar-refractivity contribution in [2.45, 2.75) is 13.5 Å². The molecule has 0 bridgehead atoms. The predicted molar refractivity (Wildman–Crippen MR) is 52.6 cm³/mol. The zero-order valence-corrected chi connectivity index (χ0v) is 8.90. The smallest absolute Gasteiger partial charge is 0.137 e. The monoisotopic (exact) mass is 247 g/mol. The zero-order valence-electron chi connectivity index (χ0n) is 7.31. The van der Waals surface area contributed by atoms with E-state index in [9.17, 15) is 4.39 Å².